The first-order valence-electron chi connectivity index (χ1n) is 4.92. The second kappa shape index (κ2) is 5.08. The van der Waals surface area contributed by atoms with Crippen LogP contribution in [0, 0.1) is 0 Å². The van der Waals surface area contributed by atoms with Crippen LogP contribution in [0.1, 0.15) is 30.6 Å². The maximum Gasteiger partial charge on any atom is 0.270 e. The van der Waals surface area contributed by atoms with Gasteiger partial charge in [-0.1, -0.05) is 23.7 Å². The van der Waals surface area contributed by atoms with Gasteiger partial charge >= 0.3 is 0 Å². The Kier molecular flexibility index (Phi) is 4.24. The largest absolute Gasteiger partial charge is 0.388 e. The molecule has 0 saturated carbocycles. The third-order valence-electron chi connectivity index (χ3n) is 2.31. The van der Waals surface area contributed by atoms with E-state index in [-0.39, 0.29) is 10.6 Å². The fraction of sp³-hybridized carbons (Fsp3) is 0.455. The lowest BCUT2D eigenvalue weighted by Gasteiger charge is -2.15. The minimum absolute atomic E-state index is 0.139. The Balaban J connectivity index is 3.00. The SMILES string of the molecule is CC(F)(F)c1ccc(C(O)CCN)c(Cl)c1. The number of alkyl halides is 2. The third-order valence-corrected chi connectivity index (χ3v) is 2.63. The molecule has 0 amide bonds. The quantitative estimate of drug-likeness (QED) is 0.862. The van der Waals surface area contributed by atoms with Crippen molar-refractivity contribution < 1.29 is 13.9 Å². The molecule has 16 heavy (non-hydrogen) atoms. The number of halogens is 3. The van der Waals surface area contributed by atoms with Gasteiger partial charge < -0.3 is 10.8 Å². The lowest BCUT2D eigenvalue weighted by Crippen LogP contribution is -2.10. The molecule has 0 aliphatic carbocycles. The average Bonchev–Trinajstić information content (AvgIpc) is 2.16. The molecular formula is C11H14ClF2NO. The van der Waals surface area contributed by atoms with E-state index in [4.69, 9.17) is 17.3 Å². The van der Waals surface area contributed by atoms with E-state index in [1.807, 2.05) is 0 Å². The molecule has 0 spiro atoms. The summed E-state index contributed by atoms with van der Waals surface area (Å²) in [5.74, 6) is -2.93. The van der Waals surface area contributed by atoms with Crippen LogP contribution in [0.4, 0.5) is 8.78 Å². The second-order valence-corrected chi connectivity index (χ2v) is 4.13. The van der Waals surface area contributed by atoms with Crippen LogP contribution < -0.4 is 5.73 Å². The predicted molar refractivity (Wildman–Crippen MR) is 59.7 cm³/mol. The first kappa shape index (κ1) is 13.4. The molecule has 5 heteroatoms. The predicted octanol–water partition coefficient (Wildman–Crippen LogP) is 2.83. The van der Waals surface area contributed by atoms with Gasteiger partial charge in [-0.15, -0.1) is 0 Å². The summed E-state index contributed by atoms with van der Waals surface area (Å²) in [5, 5.41) is 9.78. The van der Waals surface area contributed by atoms with Crippen LogP contribution in [0.3, 0.4) is 0 Å². The van der Waals surface area contributed by atoms with Gasteiger partial charge in [-0.3, -0.25) is 0 Å². The molecule has 1 rings (SSSR count). The number of rotatable bonds is 4. The summed E-state index contributed by atoms with van der Waals surface area (Å²) < 4.78 is 25.9. The Morgan fingerprint density at radius 3 is 2.56 bits per heavy atom. The van der Waals surface area contributed by atoms with E-state index in [0.29, 0.717) is 18.5 Å². The first-order valence-corrected chi connectivity index (χ1v) is 5.30. The van der Waals surface area contributed by atoms with Crippen LogP contribution in [0.25, 0.3) is 0 Å². The minimum atomic E-state index is -2.93. The Bertz CT molecular complexity index is 365. The highest BCUT2D eigenvalue weighted by atomic mass is 35.5. The molecule has 2 nitrogen and oxygen atoms in total. The highest BCUT2D eigenvalue weighted by Crippen LogP contribution is 2.32. The Morgan fingerprint density at radius 2 is 2.12 bits per heavy atom. The van der Waals surface area contributed by atoms with Crippen molar-refractivity contribution in [3.05, 3.63) is 34.3 Å². The van der Waals surface area contributed by atoms with Crippen molar-refractivity contribution in [1.29, 1.82) is 0 Å². The normalized spacial score (nSPS) is 13.9. The van der Waals surface area contributed by atoms with Gasteiger partial charge in [0, 0.05) is 17.5 Å². The van der Waals surface area contributed by atoms with Gasteiger partial charge in [0.25, 0.3) is 5.92 Å². The average molecular weight is 250 g/mol. The van der Waals surface area contributed by atoms with E-state index in [2.05, 4.69) is 0 Å². The maximum absolute atomic E-state index is 13.0. The van der Waals surface area contributed by atoms with Crippen molar-refractivity contribution in [2.75, 3.05) is 6.54 Å². The summed E-state index contributed by atoms with van der Waals surface area (Å²) >= 11 is 5.83. The molecule has 0 aliphatic rings. The molecular weight excluding hydrogens is 236 g/mol. The lowest BCUT2D eigenvalue weighted by atomic mass is 10.0. The summed E-state index contributed by atoms with van der Waals surface area (Å²) in [4.78, 5) is 0. The molecule has 90 valence electrons. The number of benzene rings is 1. The van der Waals surface area contributed by atoms with Gasteiger partial charge in [-0.05, 0) is 24.6 Å². The van der Waals surface area contributed by atoms with E-state index in [0.717, 1.165) is 6.92 Å². The van der Waals surface area contributed by atoms with Crippen LogP contribution in [-0.4, -0.2) is 11.7 Å². The van der Waals surface area contributed by atoms with E-state index < -0.39 is 12.0 Å². The molecule has 0 aliphatic heterocycles. The summed E-state index contributed by atoms with van der Waals surface area (Å²) in [7, 11) is 0. The van der Waals surface area contributed by atoms with Crippen molar-refractivity contribution in [2.45, 2.75) is 25.4 Å². The fourth-order valence-corrected chi connectivity index (χ4v) is 1.69. The molecule has 0 radical (unpaired) electrons. The molecule has 0 aromatic heterocycles. The van der Waals surface area contributed by atoms with Crippen molar-refractivity contribution >= 4 is 11.6 Å². The highest BCUT2D eigenvalue weighted by molar-refractivity contribution is 6.31. The van der Waals surface area contributed by atoms with E-state index in [1.165, 1.54) is 18.2 Å². The zero-order valence-corrected chi connectivity index (χ0v) is 9.64. The monoisotopic (exact) mass is 249 g/mol. The lowest BCUT2D eigenvalue weighted by molar-refractivity contribution is 0.0174. The van der Waals surface area contributed by atoms with Crippen LogP contribution >= 0.6 is 11.6 Å². The first-order chi connectivity index (χ1) is 7.36. The van der Waals surface area contributed by atoms with Gasteiger partial charge in [0.2, 0.25) is 0 Å². The van der Waals surface area contributed by atoms with Crippen LogP contribution in [0.15, 0.2) is 18.2 Å². The molecule has 1 atom stereocenters. The number of hydrogen-bond donors (Lipinski definition) is 2. The van der Waals surface area contributed by atoms with E-state index in [9.17, 15) is 13.9 Å². The summed E-state index contributed by atoms with van der Waals surface area (Å²) in [5.41, 5.74) is 5.56. The minimum Gasteiger partial charge on any atom is -0.388 e. The van der Waals surface area contributed by atoms with Gasteiger partial charge in [-0.2, -0.15) is 0 Å². The van der Waals surface area contributed by atoms with Crippen molar-refractivity contribution in [1.82, 2.24) is 0 Å². The highest BCUT2D eigenvalue weighted by Gasteiger charge is 2.25. The molecule has 0 saturated heterocycles. The van der Waals surface area contributed by atoms with Gasteiger partial charge in [0.05, 0.1) is 6.10 Å². The van der Waals surface area contributed by atoms with Crippen molar-refractivity contribution in [2.24, 2.45) is 5.73 Å². The molecule has 0 heterocycles. The molecule has 1 unspecified atom stereocenters. The van der Waals surface area contributed by atoms with Crippen molar-refractivity contribution in [3.8, 4) is 0 Å². The molecule has 1 aromatic carbocycles. The van der Waals surface area contributed by atoms with Crippen molar-refractivity contribution in [3.63, 3.8) is 0 Å². The Morgan fingerprint density at radius 1 is 1.50 bits per heavy atom. The van der Waals surface area contributed by atoms with Crippen LogP contribution in [0.5, 0.6) is 0 Å². The molecule has 0 fully saturated rings. The topological polar surface area (TPSA) is 46.2 Å². The fourth-order valence-electron chi connectivity index (χ4n) is 1.38. The van der Waals surface area contributed by atoms with Gasteiger partial charge in [0.15, 0.2) is 0 Å². The third kappa shape index (κ3) is 3.14. The maximum atomic E-state index is 13.0. The second-order valence-electron chi connectivity index (χ2n) is 3.72. The van der Waals surface area contributed by atoms with Crippen LogP contribution in [-0.2, 0) is 5.92 Å². The number of aliphatic hydroxyl groups excluding tert-OH is 1. The summed E-state index contributed by atoms with van der Waals surface area (Å²) in [6.45, 7) is 1.11. The van der Waals surface area contributed by atoms with E-state index >= 15 is 0 Å². The van der Waals surface area contributed by atoms with E-state index in [1.54, 1.807) is 0 Å². The number of hydrogen-bond acceptors (Lipinski definition) is 2. The molecule has 1 aromatic rings. The zero-order chi connectivity index (χ0) is 12.3. The number of aliphatic hydroxyl groups is 1. The molecule has 0 bridgehead atoms. The molecule has 3 N–H and O–H groups in total. The van der Waals surface area contributed by atoms with Gasteiger partial charge in [0.1, 0.15) is 0 Å². The smallest absolute Gasteiger partial charge is 0.270 e. The summed E-state index contributed by atoms with van der Waals surface area (Å²) in [6, 6.07) is 3.85. The zero-order valence-electron chi connectivity index (χ0n) is 8.88. The standard InChI is InChI=1S/C11H14ClF2NO/c1-11(13,14)7-2-3-8(9(12)6-7)10(16)4-5-15/h2-3,6,10,16H,4-5,15H2,1H3. The summed E-state index contributed by atoms with van der Waals surface area (Å²) in [6.07, 6.45) is -0.460. The number of nitrogens with two attached hydrogens (primary N) is 1. The van der Waals surface area contributed by atoms with Crippen LogP contribution in [0.2, 0.25) is 5.02 Å². The Hall–Kier alpha value is -0.710. The Labute approximate surface area is 98.0 Å². The van der Waals surface area contributed by atoms with Gasteiger partial charge in [-0.25, -0.2) is 8.78 Å².